The molecule has 5 heteroatoms. The molecule has 0 atom stereocenters. The predicted octanol–water partition coefficient (Wildman–Crippen LogP) is 2.30. The van der Waals surface area contributed by atoms with E-state index in [4.69, 9.17) is 0 Å². The summed E-state index contributed by atoms with van der Waals surface area (Å²) in [4.78, 5) is 4.31. The van der Waals surface area contributed by atoms with Gasteiger partial charge in [0.15, 0.2) is 0 Å². The number of hydrogen-bond acceptors (Lipinski definition) is 5. The minimum atomic E-state index is 0.609. The summed E-state index contributed by atoms with van der Waals surface area (Å²) in [6.45, 7) is 6.12. The van der Waals surface area contributed by atoms with Gasteiger partial charge in [-0.2, -0.15) is 10.1 Å². The molecule has 1 heterocycles. The smallest absolute Gasteiger partial charge is 0.244 e. The number of hydrogen-bond donors (Lipinski definition) is 2. The van der Waals surface area contributed by atoms with E-state index in [0.29, 0.717) is 5.95 Å². The maximum atomic E-state index is 4.31. The minimum Gasteiger partial charge on any atom is -0.369 e. The van der Waals surface area contributed by atoms with Crippen molar-refractivity contribution in [2.45, 2.75) is 39.5 Å². The van der Waals surface area contributed by atoms with E-state index < -0.39 is 0 Å². The van der Waals surface area contributed by atoms with Crippen molar-refractivity contribution in [2.24, 2.45) is 0 Å². The number of aromatic nitrogens is 3. The van der Waals surface area contributed by atoms with Crippen LogP contribution in [0.4, 0.5) is 11.8 Å². The molecule has 5 nitrogen and oxygen atoms in total. The van der Waals surface area contributed by atoms with Crippen molar-refractivity contribution < 1.29 is 0 Å². The SMILES string of the molecule is CCCCCNc1nncc(NCCC)n1. The van der Waals surface area contributed by atoms with Gasteiger partial charge in [0.2, 0.25) is 5.95 Å². The summed E-state index contributed by atoms with van der Waals surface area (Å²) in [5.41, 5.74) is 0. The van der Waals surface area contributed by atoms with Crippen LogP contribution in [0.1, 0.15) is 39.5 Å². The third-order valence-electron chi connectivity index (χ3n) is 2.18. The molecule has 0 aromatic carbocycles. The molecule has 1 aromatic rings. The molecule has 0 aliphatic heterocycles. The summed E-state index contributed by atoms with van der Waals surface area (Å²) < 4.78 is 0. The van der Waals surface area contributed by atoms with Gasteiger partial charge in [-0.15, -0.1) is 5.10 Å². The van der Waals surface area contributed by atoms with Gasteiger partial charge < -0.3 is 10.6 Å². The lowest BCUT2D eigenvalue weighted by Gasteiger charge is -2.06. The molecule has 2 N–H and O–H groups in total. The van der Waals surface area contributed by atoms with Crippen molar-refractivity contribution >= 4 is 11.8 Å². The quantitative estimate of drug-likeness (QED) is 0.662. The molecule has 0 fully saturated rings. The highest BCUT2D eigenvalue weighted by molar-refractivity contribution is 5.36. The van der Waals surface area contributed by atoms with Crippen molar-refractivity contribution in [1.29, 1.82) is 0 Å². The Morgan fingerprint density at radius 2 is 1.94 bits per heavy atom. The van der Waals surface area contributed by atoms with Gasteiger partial charge >= 0.3 is 0 Å². The van der Waals surface area contributed by atoms with Crippen molar-refractivity contribution in [3.8, 4) is 0 Å². The zero-order valence-corrected chi connectivity index (χ0v) is 10.2. The van der Waals surface area contributed by atoms with Crippen LogP contribution in [-0.4, -0.2) is 28.3 Å². The Balaban J connectivity index is 2.35. The molecule has 0 aliphatic rings. The zero-order valence-electron chi connectivity index (χ0n) is 10.2. The standard InChI is InChI=1S/C11H21N5/c1-3-5-6-8-13-11-15-10(9-14-16-11)12-7-4-2/h9H,3-8H2,1-2H3,(H2,12,13,15,16). The maximum absolute atomic E-state index is 4.31. The molecule has 0 amide bonds. The van der Waals surface area contributed by atoms with Crippen molar-refractivity contribution in [1.82, 2.24) is 15.2 Å². The van der Waals surface area contributed by atoms with Gasteiger partial charge in [-0.25, -0.2) is 0 Å². The second-order valence-corrected chi connectivity index (χ2v) is 3.73. The Morgan fingerprint density at radius 3 is 2.69 bits per heavy atom. The van der Waals surface area contributed by atoms with Gasteiger partial charge in [-0.1, -0.05) is 26.7 Å². The highest BCUT2D eigenvalue weighted by atomic mass is 15.3. The highest BCUT2D eigenvalue weighted by Gasteiger charge is 1.98. The molecular weight excluding hydrogens is 202 g/mol. The molecule has 1 aromatic heterocycles. The van der Waals surface area contributed by atoms with E-state index in [1.807, 2.05) is 0 Å². The first kappa shape index (κ1) is 12.7. The van der Waals surface area contributed by atoms with Crippen LogP contribution in [0.15, 0.2) is 6.20 Å². The molecule has 0 aliphatic carbocycles. The molecule has 0 saturated carbocycles. The average molecular weight is 223 g/mol. The van der Waals surface area contributed by atoms with Crippen LogP contribution in [0.25, 0.3) is 0 Å². The first-order valence-corrected chi connectivity index (χ1v) is 6.04. The molecule has 0 bridgehead atoms. The van der Waals surface area contributed by atoms with Crippen LogP contribution >= 0.6 is 0 Å². The Morgan fingerprint density at radius 1 is 1.06 bits per heavy atom. The summed E-state index contributed by atoms with van der Waals surface area (Å²) in [6.07, 6.45) is 6.32. The molecule has 0 unspecified atom stereocenters. The summed E-state index contributed by atoms with van der Waals surface area (Å²) in [7, 11) is 0. The van der Waals surface area contributed by atoms with Crippen molar-refractivity contribution in [2.75, 3.05) is 23.7 Å². The lowest BCUT2D eigenvalue weighted by Crippen LogP contribution is -2.09. The van der Waals surface area contributed by atoms with Crippen LogP contribution in [0.5, 0.6) is 0 Å². The van der Waals surface area contributed by atoms with Crippen LogP contribution in [-0.2, 0) is 0 Å². The van der Waals surface area contributed by atoms with Crippen LogP contribution in [0.3, 0.4) is 0 Å². The fourth-order valence-electron chi connectivity index (χ4n) is 1.29. The maximum Gasteiger partial charge on any atom is 0.244 e. The zero-order chi connectivity index (χ0) is 11.6. The first-order chi connectivity index (χ1) is 7.86. The fraction of sp³-hybridized carbons (Fsp3) is 0.727. The second-order valence-electron chi connectivity index (χ2n) is 3.73. The Kier molecular flexibility index (Phi) is 6.22. The topological polar surface area (TPSA) is 62.7 Å². The Hall–Kier alpha value is -1.39. The monoisotopic (exact) mass is 223 g/mol. The molecular formula is C11H21N5. The Labute approximate surface area is 97.1 Å². The Bertz CT molecular complexity index is 289. The van der Waals surface area contributed by atoms with Crippen molar-refractivity contribution in [3.63, 3.8) is 0 Å². The van der Waals surface area contributed by atoms with E-state index in [0.717, 1.165) is 31.7 Å². The third-order valence-corrected chi connectivity index (χ3v) is 2.18. The van der Waals surface area contributed by atoms with Crippen LogP contribution in [0, 0.1) is 0 Å². The molecule has 0 radical (unpaired) electrons. The minimum absolute atomic E-state index is 0.609. The second kappa shape index (κ2) is 7.84. The van der Waals surface area contributed by atoms with E-state index in [9.17, 15) is 0 Å². The summed E-state index contributed by atoms with van der Waals surface area (Å²) >= 11 is 0. The van der Waals surface area contributed by atoms with E-state index in [1.54, 1.807) is 6.20 Å². The number of rotatable bonds is 8. The summed E-state index contributed by atoms with van der Waals surface area (Å²) in [6, 6.07) is 0. The predicted molar refractivity (Wildman–Crippen MR) is 66.6 cm³/mol. The van der Waals surface area contributed by atoms with Crippen molar-refractivity contribution in [3.05, 3.63) is 6.20 Å². The highest BCUT2D eigenvalue weighted by Crippen LogP contribution is 2.04. The number of anilines is 2. The number of nitrogens with zero attached hydrogens (tertiary/aromatic N) is 3. The van der Waals surface area contributed by atoms with Gasteiger partial charge in [0.05, 0.1) is 6.20 Å². The van der Waals surface area contributed by atoms with Gasteiger partial charge in [0.1, 0.15) is 5.82 Å². The molecule has 0 saturated heterocycles. The molecule has 90 valence electrons. The van der Waals surface area contributed by atoms with Gasteiger partial charge in [-0.3, -0.25) is 0 Å². The van der Waals surface area contributed by atoms with Crippen LogP contribution in [0.2, 0.25) is 0 Å². The fourth-order valence-corrected chi connectivity index (χ4v) is 1.29. The normalized spacial score (nSPS) is 10.1. The van der Waals surface area contributed by atoms with Crippen LogP contribution < -0.4 is 10.6 Å². The van der Waals surface area contributed by atoms with E-state index in [1.165, 1.54) is 12.8 Å². The molecule has 1 rings (SSSR count). The number of nitrogens with one attached hydrogen (secondary N) is 2. The lowest BCUT2D eigenvalue weighted by molar-refractivity contribution is 0.738. The van der Waals surface area contributed by atoms with Gasteiger partial charge in [-0.05, 0) is 12.8 Å². The third kappa shape index (κ3) is 4.91. The summed E-state index contributed by atoms with van der Waals surface area (Å²) in [5.74, 6) is 1.40. The van der Waals surface area contributed by atoms with E-state index >= 15 is 0 Å². The van der Waals surface area contributed by atoms with E-state index in [2.05, 4.69) is 39.7 Å². The van der Waals surface area contributed by atoms with E-state index in [-0.39, 0.29) is 0 Å². The summed E-state index contributed by atoms with van der Waals surface area (Å²) in [5, 5.41) is 14.2. The number of unbranched alkanes of at least 4 members (excludes halogenated alkanes) is 2. The lowest BCUT2D eigenvalue weighted by atomic mass is 10.2. The molecule has 16 heavy (non-hydrogen) atoms. The first-order valence-electron chi connectivity index (χ1n) is 6.04. The molecule has 0 spiro atoms. The average Bonchev–Trinajstić information content (AvgIpc) is 2.33. The largest absolute Gasteiger partial charge is 0.369 e. The van der Waals surface area contributed by atoms with Gasteiger partial charge in [0, 0.05) is 13.1 Å². The van der Waals surface area contributed by atoms with Gasteiger partial charge in [0.25, 0.3) is 0 Å².